The lowest BCUT2D eigenvalue weighted by Crippen LogP contribution is -2.38. The van der Waals surface area contributed by atoms with Gasteiger partial charge in [-0.05, 0) is 37.8 Å². The summed E-state index contributed by atoms with van der Waals surface area (Å²) in [7, 11) is -3.46. The van der Waals surface area contributed by atoms with Gasteiger partial charge in [-0.1, -0.05) is 19.1 Å². The zero-order valence-corrected chi connectivity index (χ0v) is 13.4. The maximum atomic E-state index is 12.3. The molecule has 1 aromatic rings. The van der Waals surface area contributed by atoms with Crippen molar-refractivity contribution in [3.63, 3.8) is 0 Å². The van der Waals surface area contributed by atoms with E-state index in [0.29, 0.717) is 17.4 Å². The molecule has 5 nitrogen and oxygen atoms in total. The van der Waals surface area contributed by atoms with Gasteiger partial charge in [-0.15, -0.1) is 0 Å². The Labute approximate surface area is 127 Å². The minimum absolute atomic E-state index is 0.298. The van der Waals surface area contributed by atoms with Gasteiger partial charge >= 0.3 is 0 Å². The van der Waals surface area contributed by atoms with E-state index in [0.717, 1.165) is 31.6 Å². The summed E-state index contributed by atoms with van der Waals surface area (Å²) in [4.78, 5) is 2.44. The second-order valence-corrected chi connectivity index (χ2v) is 7.27. The molecule has 1 aromatic carbocycles. The Kier molecular flexibility index (Phi) is 5.24. The molecule has 1 atom stereocenters. The van der Waals surface area contributed by atoms with Crippen LogP contribution < -0.4 is 9.62 Å². The van der Waals surface area contributed by atoms with Crippen LogP contribution >= 0.6 is 0 Å². The zero-order valence-electron chi connectivity index (χ0n) is 12.6. The number of nitrogens with one attached hydrogen (secondary N) is 1. The van der Waals surface area contributed by atoms with E-state index in [-0.39, 0.29) is 6.10 Å². The number of hydrogen-bond donors (Lipinski definition) is 2. The van der Waals surface area contributed by atoms with E-state index in [4.69, 9.17) is 0 Å². The summed E-state index contributed by atoms with van der Waals surface area (Å²) < 4.78 is 27.1. The zero-order chi connectivity index (χ0) is 15.5. The molecule has 1 saturated heterocycles. The first-order chi connectivity index (χ1) is 9.95. The summed E-state index contributed by atoms with van der Waals surface area (Å²) in [5, 5.41) is 9.66. The number of anilines is 1. The van der Waals surface area contributed by atoms with Crippen LogP contribution in [0.3, 0.4) is 0 Å². The second kappa shape index (κ2) is 6.77. The normalized spacial score (nSPS) is 18.7. The van der Waals surface area contributed by atoms with Crippen molar-refractivity contribution in [2.24, 2.45) is 5.92 Å². The molecular formula is C15H24N2O3S. The number of hydrogen-bond acceptors (Lipinski definition) is 4. The summed E-state index contributed by atoms with van der Waals surface area (Å²) in [5.41, 5.74) is 0.752. The monoisotopic (exact) mass is 312 g/mol. The van der Waals surface area contributed by atoms with Crippen LogP contribution in [0.2, 0.25) is 0 Å². The molecule has 2 N–H and O–H groups in total. The molecule has 6 heteroatoms. The first kappa shape index (κ1) is 16.3. The highest BCUT2D eigenvalue weighted by atomic mass is 32.2. The molecule has 0 saturated carbocycles. The highest BCUT2D eigenvalue weighted by molar-refractivity contribution is 7.89. The van der Waals surface area contributed by atoms with Crippen LogP contribution in [0.4, 0.5) is 5.69 Å². The summed E-state index contributed by atoms with van der Waals surface area (Å²) in [6, 6.07) is 7.11. The molecule has 0 bridgehead atoms. The third-order valence-electron chi connectivity index (χ3n) is 4.05. The molecule has 21 heavy (non-hydrogen) atoms. The lowest BCUT2D eigenvalue weighted by molar-refractivity contribution is 0.110. The molecule has 1 fully saturated rings. The molecule has 0 aliphatic carbocycles. The molecule has 1 aliphatic rings. The fraction of sp³-hybridized carbons (Fsp3) is 0.600. The lowest BCUT2D eigenvalue weighted by atomic mass is 9.92. The van der Waals surface area contributed by atoms with E-state index in [1.165, 1.54) is 0 Å². The lowest BCUT2D eigenvalue weighted by Gasteiger charge is -2.35. The topological polar surface area (TPSA) is 69.6 Å². The van der Waals surface area contributed by atoms with Crippen molar-refractivity contribution in [3.05, 3.63) is 24.3 Å². The standard InChI is InChI=1S/C15H24N2O3S/c1-3-16-21(19,20)15-7-5-4-6-14(15)17-10-8-13(9-11-17)12(2)18/h4-7,12-13,16,18H,3,8-11H2,1-2H3. The summed E-state index contributed by atoms with van der Waals surface area (Å²) in [6.45, 7) is 5.52. The molecule has 2 rings (SSSR count). The summed E-state index contributed by atoms with van der Waals surface area (Å²) in [6.07, 6.45) is 1.47. The van der Waals surface area contributed by atoms with Crippen LogP contribution in [0.25, 0.3) is 0 Å². The van der Waals surface area contributed by atoms with Gasteiger partial charge in [-0.2, -0.15) is 0 Å². The van der Waals surface area contributed by atoms with Crippen molar-refractivity contribution >= 4 is 15.7 Å². The fourth-order valence-electron chi connectivity index (χ4n) is 2.84. The first-order valence-corrected chi connectivity index (χ1v) is 8.95. The Morgan fingerprint density at radius 1 is 1.33 bits per heavy atom. The smallest absolute Gasteiger partial charge is 0.242 e. The second-order valence-electron chi connectivity index (χ2n) is 5.53. The Balaban J connectivity index is 2.22. The van der Waals surface area contributed by atoms with Crippen molar-refractivity contribution in [2.45, 2.75) is 37.7 Å². The third kappa shape index (κ3) is 3.75. The fourth-order valence-corrected chi connectivity index (χ4v) is 4.10. The average Bonchev–Trinajstić information content (AvgIpc) is 2.47. The molecule has 0 amide bonds. The summed E-state index contributed by atoms with van der Waals surface area (Å²) in [5.74, 6) is 0.304. The average molecular weight is 312 g/mol. The largest absolute Gasteiger partial charge is 0.393 e. The predicted octanol–water partition coefficient (Wildman–Crippen LogP) is 1.58. The first-order valence-electron chi connectivity index (χ1n) is 7.47. The molecule has 0 spiro atoms. The van der Waals surface area contributed by atoms with E-state index in [2.05, 4.69) is 9.62 Å². The maximum absolute atomic E-state index is 12.3. The van der Waals surface area contributed by atoms with Crippen LogP contribution in [0, 0.1) is 5.92 Å². The number of aliphatic hydroxyl groups is 1. The Morgan fingerprint density at radius 2 is 1.95 bits per heavy atom. The number of sulfonamides is 1. The van der Waals surface area contributed by atoms with Gasteiger partial charge in [0.2, 0.25) is 10.0 Å². The van der Waals surface area contributed by atoms with Gasteiger partial charge in [0.05, 0.1) is 11.8 Å². The van der Waals surface area contributed by atoms with Gasteiger partial charge < -0.3 is 10.0 Å². The Morgan fingerprint density at radius 3 is 2.52 bits per heavy atom. The number of para-hydroxylation sites is 1. The molecule has 0 aromatic heterocycles. The number of piperidine rings is 1. The SMILES string of the molecule is CCNS(=O)(=O)c1ccccc1N1CCC(C(C)O)CC1. The van der Waals surface area contributed by atoms with Crippen molar-refractivity contribution in [2.75, 3.05) is 24.5 Å². The molecule has 1 heterocycles. The Bertz CT molecular complexity index is 564. The number of aliphatic hydroxyl groups excluding tert-OH is 1. The van der Waals surface area contributed by atoms with Crippen molar-refractivity contribution in [3.8, 4) is 0 Å². The molecular weight excluding hydrogens is 288 g/mol. The van der Waals surface area contributed by atoms with E-state index in [1.54, 1.807) is 19.1 Å². The van der Waals surface area contributed by atoms with Crippen LogP contribution in [0.5, 0.6) is 0 Å². The predicted molar refractivity (Wildman–Crippen MR) is 83.9 cm³/mol. The highest BCUT2D eigenvalue weighted by Crippen LogP contribution is 2.30. The van der Waals surface area contributed by atoms with E-state index >= 15 is 0 Å². The maximum Gasteiger partial charge on any atom is 0.242 e. The van der Waals surface area contributed by atoms with Gasteiger partial charge in [0, 0.05) is 19.6 Å². The molecule has 1 aliphatic heterocycles. The van der Waals surface area contributed by atoms with Gasteiger partial charge in [0.1, 0.15) is 4.90 Å². The summed E-state index contributed by atoms with van der Waals surface area (Å²) >= 11 is 0. The van der Waals surface area contributed by atoms with Gasteiger partial charge in [0.25, 0.3) is 0 Å². The minimum atomic E-state index is -3.46. The van der Waals surface area contributed by atoms with E-state index in [1.807, 2.05) is 19.1 Å². The van der Waals surface area contributed by atoms with Crippen molar-refractivity contribution in [1.82, 2.24) is 4.72 Å². The quantitative estimate of drug-likeness (QED) is 0.866. The number of nitrogens with zero attached hydrogens (tertiary/aromatic N) is 1. The minimum Gasteiger partial charge on any atom is -0.393 e. The number of rotatable bonds is 5. The highest BCUT2D eigenvalue weighted by Gasteiger charge is 2.26. The van der Waals surface area contributed by atoms with Crippen LogP contribution in [0.15, 0.2) is 29.2 Å². The molecule has 0 radical (unpaired) electrons. The van der Waals surface area contributed by atoms with Gasteiger partial charge in [-0.3, -0.25) is 0 Å². The molecule has 118 valence electrons. The van der Waals surface area contributed by atoms with E-state index < -0.39 is 10.0 Å². The molecule has 1 unspecified atom stereocenters. The van der Waals surface area contributed by atoms with Crippen LogP contribution in [-0.4, -0.2) is 39.3 Å². The van der Waals surface area contributed by atoms with Crippen molar-refractivity contribution in [1.29, 1.82) is 0 Å². The Hall–Kier alpha value is -1.11. The van der Waals surface area contributed by atoms with Gasteiger partial charge in [-0.25, -0.2) is 13.1 Å². The van der Waals surface area contributed by atoms with Crippen molar-refractivity contribution < 1.29 is 13.5 Å². The third-order valence-corrected chi connectivity index (χ3v) is 5.64. The van der Waals surface area contributed by atoms with Gasteiger partial charge in [0.15, 0.2) is 0 Å². The number of benzene rings is 1. The van der Waals surface area contributed by atoms with E-state index in [9.17, 15) is 13.5 Å². The van der Waals surface area contributed by atoms with Crippen LogP contribution in [-0.2, 0) is 10.0 Å². The van der Waals surface area contributed by atoms with Crippen LogP contribution in [0.1, 0.15) is 26.7 Å².